The highest BCUT2D eigenvalue weighted by Crippen LogP contribution is 2.37. The van der Waals surface area contributed by atoms with Gasteiger partial charge in [0.05, 0.1) is 25.4 Å². The first-order chi connectivity index (χ1) is 11.3. The second-order valence-corrected chi connectivity index (χ2v) is 7.76. The summed E-state index contributed by atoms with van der Waals surface area (Å²) in [4.78, 5) is 14.5. The van der Waals surface area contributed by atoms with Crippen molar-refractivity contribution in [3.8, 4) is 0 Å². The van der Waals surface area contributed by atoms with Crippen molar-refractivity contribution in [3.05, 3.63) is 30.3 Å². The van der Waals surface area contributed by atoms with Crippen LogP contribution in [0.15, 0.2) is 30.3 Å². The Morgan fingerprint density at radius 3 is 2.46 bits per heavy atom. The Balaban J connectivity index is 1.87. The Labute approximate surface area is 141 Å². The second-order valence-electron chi connectivity index (χ2n) is 6.15. The van der Waals surface area contributed by atoms with Gasteiger partial charge in [-0.05, 0) is 25.5 Å². The molecule has 2 heterocycles. The lowest BCUT2D eigenvalue weighted by molar-refractivity contribution is -0.210. The number of para-hydroxylation sites is 1. The van der Waals surface area contributed by atoms with Crippen LogP contribution in [0.25, 0.3) is 0 Å². The number of nitrogens with zero attached hydrogens (tertiary/aromatic N) is 1. The highest BCUT2D eigenvalue weighted by Gasteiger charge is 2.52. The monoisotopic (exact) mass is 355 g/mol. The molecule has 2 fully saturated rings. The third-order valence-electron chi connectivity index (χ3n) is 4.34. The molecular formula is C16H21NO6S. The Hall–Kier alpha value is -1.48. The quantitative estimate of drug-likeness (QED) is 0.737. The Morgan fingerprint density at radius 2 is 1.88 bits per heavy atom. The van der Waals surface area contributed by atoms with Gasteiger partial charge in [0.15, 0.2) is 5.79 Å². The molecule has 2 saturated heterocycles. The topological polar surface area (TPSA) is 82.1 Å². The Kier molecular flexibility index (Phi) is 4.65. The van der Waals surface area contributed by atoms with E-state index in [1.165, 1.54) is 0 Å². The van der Waals surface area contributed by atoms with E-state index in [1.807, 2.05) is 30.3 Å². The zero-order chi connectivity index (χ0) is 17.4. The molecule has 0 saturated carbocycles. The molecule has 0 aromatic heterocycles. The van der Waals surface area contributed by atoms with Crippen LogP contribution < -0.4 is 4.90 Å². The van der Waals surface area contributed by atoms with Crippen molar-refractivity contribution >= 4 is 21.7 Å². The van der Waals surface area contributed by atoms with Crippen molar-refractivity contribution in [1.29, 1.82) is 0 Å². The van der Waals surface area contributed by atoms with E-state index in [4.69, 9.17) is 13.7 Å². The van der Waals surface area contributed by atoms with Gasteiger partial charge in [0.1, 0.15) is 6.10 Å². The van der Waals surface area contributed by atoms with E-state index in [0.717, 1.165) is 11.9 Å². The van der Waals surface area contributed by atoms with Crippen LogP contribution in [-0.4, -0.2) is 52.2 Å². The number of hydrogen-bond donors (Lipinski definition) is 0. The Bertz CT molecular complexity index is 699. The van der Waals surface area contributed by atoms with Crippen LogP contribution in [-0.2, 0) is 28.6 Å². The van der Waals surface area contributed by atoms with Crippen LogP contribution in [0.1, 0.15) is 13.3 Å². The van der Waals surface area contributed by atoms with Crippen molar-refractivity contribution in [2.24, 2.45) is 5.92 Å². The van der Waals surface area contributed by atoms with Crippen molar-refractivity contribution in [2.75, 3.05) is 30.9 Å². The molecule has 0 bridgehead atoms. The summed E-state index contributed by atoms with van der Waals surface area (Å²) in [6, 6.07) is 9.27. The molecule has 24 heavy (non-hydrogen) atoms. The van der Waals surface area contributed by atoms with Gasteiger partial charge in [-0.3, -0.25) is 8.98 Å². The molecule has 8 heteroatoms. The zero-order valence-electron chi connectivity index (χ0n) is 13.7. The van der Waals surface area contributed by atoms with Crippen LogP contribution in [0.5, 0.6) is 0 Å². The largest absolute Gasteiger partial charge is 0.345 e. The lowest BCUT2D eigenvalue weighted by Crippen LogP contribution is -2.50. The van der Waals surface area contributed by atoms with Gasteiger partial charge in [-0.25, -0.2) is 0 Å². The summed E-state index contributed by atoms with van der Waals surface area (Å²) in [5.41, 5.74) is 0.779. The van der Waals surface area contributed by atoms with Gasteiger partial charge in [-0.1, -0.05) is 18.2 Å². The summed E-state index contributed by atoms with van der Waals surface area (Å²) >= 11 is 0. The average Bonchev–Trinajstić information content (AvgIpc) is 3.12. The lowest BCUT2D eigenvalue weighted by Gasteiger charge is -2.34. The van der Waals surface area contributed by atoms with Crippen molar-refractivity contribution in [1.82, 2.24) is 0 Å². The number of rotatable bonds is 5. The summed E-state index contributed by atoms with van der Waals surface area (Å²) in [5.74, 6) is -2.09. The summed E-state index contributed by atoms with van der Waals surface area (Å²) < 4.78 is 39.8. The SMILES string of the molecule is CC1([C@H](OS(C)(=O)=O)[C@H]2CCN(c3ccccc3)C2=O)OCCO1. The highest BCUT2D eigenvalue weighted by molar-refractivity contribution is 7.86. The molecule has 2 atom stereocenters. The fourth-order valence-electron chi connectivity index (χ4n) is 3.25. The molecule has 1 amide bonds. The van der Waals surface area contributed by atoms with E-state index in [-0.39, 0.29) is 5.91 Å². The minimum Gasteiger partial charge on any atom is -0.345 e. The summed E-state index contributed by atoms with van der Waals surface area (Å²) in [6.45, 7) is 2.79. The normalized spacial score (nSPS) is 25.2. The first-order valence-electron chi connectivity index (χ1n) is 7.83. The number of carbonyl (C=O) groups excluding carboxylic acids is 1. The van der Waals surface area contributed by atoms with E-state index >= 15 is 0 Å². The fraction of sp³-hybridized carbons (Fsp3) is 0.562. The van der Waals surface area contributed by atoms with Gasteiger partial charge in [0, 0.05) is 12.2 Å². The third kappa shape index (κ3) is 3.46. The molecule has 0 aliphatic carbocycles. The average molecular weight is 355 g/mol. The van der Waals surface area contributed by atoms with Crippen LogP contribution in [0, 0.1) is 5.92 Å². The molecule has 7 nitrogen and oxygen atoms in total. The Morgan fingerprint density at radius 1 is 1.25 bits per heavy atom. The van der Waals surface area contributed by atoms with Gasteiger partial charge >= 0.3 is 0 Å². The summed E-state index contributed by atoms with van der Waals surface area (Å²) in [5, 5.41) is 0. The molecule has 0 N–H and O–H groups in total. The lowest BCUT2D eigenvalue weighted by atomic mass is 9.94. The molecule has 132 valence electrons. The number of carbonyl (C=O) groups is 1. The molecular weight excluding hydrogens is 334 g/mol. The first-order valence-corrected chi connectivity index (χ1v) is 9.64. The molecule has 1 aromatic rings. The van der Waals surface area contributed by atoms with E-state index < -0.39 is 27.9 Å². The fourth-order valence-corrected chi connectivity index (χ4v) is 3.94. The number of amides is 1. The summed E-state index contributed by atoms with van der Waals surface area (Å²) in [6.07, 6.45) is 0.416. The molecule has 0 spiro atoms. The van der Waals surface area contributed by atoms with Gasteiger partial charge in [-0.2, -0.15) is 8.42 Å². The van der Waals surface area contributed by atoms with Crippen molar-refractivity contribution < 1.29 is 26.9 Å². The number of benzene rings is 1. The zero-order valence-corrected chi connectivity index (χ0v) is 14.5. The van der Waals surface area contributed by atoms with E-state index in [1.54, 1.807) is 11.8 Å². The van der Waals surface area contributed by atoms with Crippen LogP contribution in [0.2, 0.25) is 0 Å². The standard InChI is InChI=1S/C16H21NO6S/c1-16(21-10-11-22-16)14(23-24(2,19)20)13-8-9-17(15(13)18)12-6-4-3-5-7-12/h3-7,13-14H,8-11H2,1-2H3/t13-,14-/m1/s1. The second kappa shape index (κ2) is 6.44. The molecule has 0 unspecified atom stereocenters. The maximum atomic E-state index is 12.9. The van der Waals surface area contributed by atoms with Crippen LogP contribution in [0.3, 0.4) is 0 Å². The van der Waals surface area contributed by atoms with Crippen LogP contribution >= 0.6 is 0 Å². The molecule has 0 radical (unpaired) electrons. The molecule has 1 aromatic carbocycles. The predicted octanol–water partition coefficient (Wildman–Crippen LogP) is 1.15. The van der Waals surface area contributed by atoms with E-state index in [2.05, 4.69) is 0 Å². The van der Waals surface area contributed by atoms with Crippen molar-refractivity contribution in [2.45, 2.75) is 25.2 Å². The van der Waals surface area contributed by atoms with Gasteiger partial charge in [0.25, 0.3) is 10.1 Å². The van der Waals surface area contributed by atoms with E-state index in [9.17, 15) is 13.2 Å². The predicted molar refractivity (Wildman–Crippen MR) is 86.9 cm³/mol. The smallest absolute Gasteiger partial charge is 0.264 e. The molecule has 2 aliphatic heterocycles. The summed E-state index contributed by atoms with van der Waals surface area (Å²) in [7, 11) is -3.77. The number of hydrogen-bond acceptors (Lipinski definition) is 6. The molecule has 3 rings (SSSR count). The van der Waals surface area contributed by atoms with Gasteiger partial charge in [0.2, 0.25) is 5.91 Å². The van der Waals surface area contributed by atoms with E-state index in [0.29, 0.717) is 26.2 Å². The van der Waals surface area contributed by atoms with Gasteiger partial charge in [-0.15, -0.1) is 0 Å². The molecule has 2 aliphatic rings. The minimum absolute atomic E-state index is 0.185. The van der Waals surface area contributed by atoms with Crippen LogP contribution in [0.4, 0.5) is 5.69 Å². The first kappa shape index (κ1) is 17.3. The number of anilines is 1. The maximum absolute atomic E-state index is 12.9. The number of ether oxygens (including phenoxy) is 2. The highest BCUT2D eigenvalue weighted by atomic mass is 32.2. The van der Waals surface area contributed by atoms with Crippen molar-refractivity contribution in [3.63, 3.8) is 0 Å². The minimum atomic E-state index is -3.77. The third-order valence-corrected chi connectivity index (χ3v) is 4.89. The maximum Gasteiger partial charge on any atom is 0.264 e. The van der Waals surface area contributed by atoms with Gasteiger partial charge < -0.3 is 14.4 Å².